The van der Waals surface area contributed by atoms with E-state index in [1.165, 1.54) is 56.9 Å². The summed E-state index contributed by atoms with van der Waals surface area (Å²) < 4.78 is 6.06. The molecule has 0 spiro atoms. The number of aldehydes is 1. The van der Waals surface area contributed by atoms with Gasteiger partial charge in [0.25, 0.3) is 0 Å². The standard InChI is InChI=1S/C21H27ClO2/c22-21-14-19(12-11-17(21)9-5-13-23)24-15-18-8-3-4-10-20(18)16-6-1-2-7-16/h11-14,16H,1-10,15H2. The molecule has 0 unspecified atom stereocenters. The number of ether oxygens (including phenoxy) is 1. The second-order valence-corrected chi connectivity index (χ2v) is 7.47. The molecule has 0 radical (unpaired) electrons. The average Bonchev–Trinajstić information content (AvgIpc) is 3.14. The van der Waals surface area contributed by atoms with Gasteiger partial charge < -0.3 is 9.53 Å². The molecule has 0 aromatic heterocycles. The van der Waals surface area contributed by atoms with Crippen molar-refractivity contribution < 1.29 is 9.53 Å². The number of aryl methyl sites for hydroxylation is 1. The van der Waals surface area contributed by atoms with Crippen LogP contribution in [0.4, 0.5) is 0 Å². The highest BCUT2D eigenvalue weighted by Crippen LogP contribution is 2.39. The lowest BCUT2D eigenvalue weighted by Crippen LogP contribution is -2.13. The van der Waals surface area contributed by atoms with Gasteiger partial charge in [0.15, 0.2) is 0 Å². The molecule has 3 heteroatoms. The second-order valence-electron chi connectivity index (χ2n) is 7.06. The van der Waals surface area contributed by atoms with Gasteiger partial charge in [0, 0.05) is 11.4 Å². The first-order chi connectivity index (χ1) is 11.8. The molecule has 1 aromatic rings. The summed E-state index contributed by atoms with van der Waals surface area (Å²) >= 11 is 6.31. The van der Waals surface area contributed by atoms with Crippen LogP contribution < -0.4 is 4.74 Å². The molecule has 130 valence electrons. The van der Waals surface area contributed by atoms with Crippen molar-refractivity contribution in [1.29, 1.82) is 0 Å². The number of hydrogen-bond donors (Lipinski definition) is 0. The summed E-state index contributed by atoms with van der Waals surface area (Å²) in [5.74, 6) is 1.65. The number of hydrogen-bond acceptors (Lipinski definition) is 2. The largest absolute Gasteiger partial charge is 0.489 e. The fraction of sp³-hybridized carbons (Fsp3) is 0.571. The van der Waals surface area contributed by atoms with E-state index in [0.717, 1.165) is 23.5 Å². The fourth-order valence-electron chi connectivity index (χ4n) is 4.13. The SMILES string of the molecule is O=CCCc1ccc(OCC2=C(C3CCCC3)CCCC2)cc1Cl. The number of carbonyl (C=O) groups is 1. The summed E-state index contributed by atoms with van der Waals surface area (Å²) in [7, 11) is 0. The third-order valence-corrected chi connectivity index (χ3v) is 5.80. The van der Waals surface area contributed by atoms with E-state index in [4.69, 9.17) is 16.3 Å². The third kappa shape index (κ3) is 4.42. The molecule has 0 aliphatic heterocycles. The van der Waals surface area contributed by atoms with Gasteiger partial charge in [-0.15, -0.1) is 0 Å². The molecule has 0 N–H and O–H groups in total. The monoisotopic (exact) mass is 346 g/mol. The van der Waals surface area contributed by atoms with Gasteiger partial charge in [-0.2, -0.15) is 0 Å². The molecular weight excluding hydrogens is 320 g/mol. The van der Waals surface area contributed by atoms with E-state index >= 15 is 0 Å². The van der Waals surface area contributed by atoms with Crippen LogP contribution in [0.5, 0.6) is 5.75 Å². The fourth-order valence-corrected chi connectivity index (χ4v) is 4.39. The van der Waals surface area contributed by atoms with Crippen LogP contribution in [0.1, 0.15) is 63.4 Å². The van der Waals surface area contributed by atoms with E-state index in [1.54, 1.807) is 5.57 Å². The molecule has 1 fully saturated rings. The van der Waals surface area contributed by atoms with Gasteiger partial charge in [-0.25, -0.2) is 0 Å². The molecule has 24 heavy (non-hydrogen) atoms. The Labute approximate surface area is 150 Å². The molecule has 0 heterocycles. The van der Waals surface area contributed by atoms with E-state index in [0.29, 0.717) is 24.5 Å². The van der Waals surface area contributed by atoms with Gasteiger partial charge in [-0.3, -0.25) is 0 Å². The molecular formula is C21H27ClO2. The van der Waals surface area contributed by atoms with Crippen molar-refractivity contribution in [2.75, 3.05) is 6.61 Å². The highest BCUT2D eigenvalue weighted by Gasteiger charge is 2.24. The zero-order chi connectivity index (χ0) is 16.8. The minimum Gasteiger partial charge on any atom is -0.489 e. The second kappa shape index (κ2) is 8.71. The van der Waals surface area contributed by atoms with Crippen LogP contribution in [0.3, 0.4) is 0 Å². The van der Waals surface area contributed by atoms with E-state index < -0.39 is 0 Å². The maximum absolute atomic E-state index is 10.5. The smallest absolute Gasteiger partial charge is 0.121 e. The van der Waals surface area contributed by atoms with E-state index in [9.17, 15) is 4.79 Å². The highest BCUT2D eigenvalue weighted by molar-refractivity contribution is 6.31. The maximum Gasteiger partial charge on any atom is 0.121 e. The van der Waals surface area contributed by atoms with Crippen molar-refractivity contribution in [1.82, 2.24) is 0 Å². The van der Waals surface area contributed by atoms with Crippen LogP contribution >= 0.6 is 11.6 Å². The van der Waals surface area contributed by atoms with Crippen molar-refractivity contribution in [3.05, 3.63) is 39.9 Å². The van der Waals surface area contributed by atoms with Crippen LogP contribution in [0.2, 0.25) is 5.02 Å². The van der Waals surface area contributed by atoms with Crippen LogP contribution in [-0.4, -0.2) is 12.9 Å². The Morgan fingerprint density at radius 3 is 2.67 bits per heavy atom. The Bertz CT molecular complexity index is 600. The quantitative estimate of drug-likeness (QED) is 0.453. The number of rotatable bonds is 7. The maximum atomic E-state index is 10.5. The van der Waals surface area contributed by atoms with Crippen molar-refractivity contribution in [2.45, 2.75) is 64.2 Å². The predicted octanol–water partition coefficient (Wildman–Crippen LogP) is 5.91. The first-order valence-corrected chi connectivity index (χ1v) is 9.71. The molecule has 2 aliphatic carbocycles. The Balaban J connectivity index is 1.65. The van der Waals surface area contributed by atoms with Crippen molar-refractivity contribution in [3.63, 3.8) is 0 Å². The van der Waals surface area contributed by atoms with Crippen LogP contribution in [0.25, 0.3) is 0 Å². The lowest BCUT2D eigenvalue weighted by molar-refractivity contribution is -0.107. The zero-order valence-corrected chi connectivity index (χ0v) is 15.1. The van der Waals surface area contributed by atoms with E-state index in [2.05, 4.69) is 0 Å². The summed E-state index contributed by atoms with van der Waals surface area (Å²) in [5, 5.41) is 0.697. The van der Waals surface area contributed by atoms with Crippen molar-refractivity contribution in [3.8, 4) is 5.75 Å². The zero-order valence-electron chi connectivity index (χ0n) is 14.4. The first-order valence-electron chi connectivity index (χ1n) is 9.33. The molecule has 0 saturated heterocycles. The molecule has 2 aliphatic rings. The minimum atomic E-state index is 0.511. The lowest BCUT2D eigenvalue weighted by atomic mass is 9.83. The summed E-state index contributed by atoms with van der Waals surface area (Å²) in [6, 6.07) is 5.85. The Hall–Kier alpha value is -1.28. The van der Waals surface area contributed by atoms with E-state index in [-0.39, 0.29) is 0 Å². The number of halogens is 1. The van der Waals surface area contributed by atoms with E-state index in [1.807, 2.05) is 18.2 Å². The predicted molar refractivity (Wildman–Crippen MR) is 98.8 cm³/mol. The van der Waals surface area contributed by atoms with Crippen LogP contribution in [0.15, 0.2) is 29.3 Å². The lowest BCUT2D eigenvalue weighted by Gasteiger charge is -2.25. The van der Waals surface area contributed by atoms with Gasteiger partial charge in [0.05, 0.1) is 0 Å². The number of carbonyl (C=O) groups excluding carboxylic acids is 1. The van der Waals surface area contributed by atoms with Crippen molar-refractivity contribution >= 4 is 17.9 Å². The number of allylic oxidation sites excluding steroid dienone is 1. The topological polar surface area (TPSA) is 26.3 Å². The molecule has 2 nitrogen and oxygen atoms in total. The van der Waals surface area contributed by atoms with Crippen LogP contribution in [-0.2, 0) is 11.2 Å². The Kier molecular flexibility index (Phi) is 6.37. The third-order valence-electron chi connectivity index (χ3n) is 5.45. The molecule has 0 bridgehead atoms. The van der Waals surface area contributed by atoms with Gasteiger partial charge >= 0.3 is 0 Å². The Morgan fingerprint density at radius 2 is 1.92 bits per heavy atom. The highest BCUT2D eigenvalue weighted by atomic mass is 35.5. The average molecular weight is 347 g/mol. The minimum absolute atomic E-state index is 0.511. The molecule has 3 rings (SSSR count). The molecule has 1 aromatic carbocycles. The van der Waals surface area contributed by atoms with Gasteiger partial charge in [0.1, 0.15) is 18.6 Å². The number of benzene rings is 1. The molecule has 0 amide bonds. The molecule has 0 atom stereocenters. The normalized spacial score (nSPS) is 18.9. The van der Waals surface area contributed by atoms with Crippen molar-refractivity contribution in [2.24, 2.45) is 5.92 Å². The van der Waals surface area contributed by atoms with Gasteiger partial charge in [-0.05, 0) is 74.1 Å². The summed E-state index contributed by atoms with van der Waals surface area (Å²) in [4.78, 5) is 10.5. The molecule has 1 saturated carbocycles. The van der Waals surface area contributed by atoms with Gasteiger partial charge in [-0.1, -0.05) is 36.1 Å². The summed E-state index contributed by atoms with van der Waals surface area (Å²) in [6.45, 7) is 0.704. The Morgan fingerprint density at radius 1 is 1.12 bits per heavy atom. The summed E-state index contributed by atoms with van der Waals surface area (Å²) in [5.41, 5.74) is 4.25. The first kappa shape index (κ1) is 17.5. The summed E-state index contributed by atoms with van der Waals surface area (Å²) in [6.07, 6.45) is 12.8. The van der Waals surface area contributed by atoms with Crippen LogP contribution in [0, 0.1) is 5.92 Å². The van der Waals surface area contributed by atoms with Gasteiger partial charge in [0.2, 0.25) is 0 Å².